The molecule has 0 saturated carbocycles. The second-order valence-corrected chi connectivity index (χ2v) is 4.23. The van der Waals surface area contributed by atoms with Crippen molar-refractivity contribution in [3.63, 3.8) is 0 Å². The zero-order valence-corrected chi connectivity index (χ0v) is 10.1. The smallest absolute Gasteiger partial charge is 0.136 e. The summed E-state index contributed by atoms with van der Waals surface area (Å²) in [5.74, 6) is 0.628. The molecule has 5 nitrogen and oxygen atoms in total. The molecule has 0 spiro atoms. The van der Waals surface area contributed by atoms with Gasteiger partial charge in [-0.1, -0.05) is 0 Å². The molecule has 15 heavy (non-hydrogen) atoms. The van der Waals surface area contributed by atoms with Crippen molar-refractivity contribution in [2.45, 2.75) is 13.0 Å². The molecule has 0 amide bonds. The first-order valence-electron chi connectivity index (χ1n) is 4.57. The summed E-state index contributed by atoms with van der Waals surface area (Å²) < 4.78 is 4.40. The number of hydrogen-bond donors (Lipinski definition) is 1. The lowest BCUT2D eigenvalue weighted by atomic mass is 10.2. The van der Waals surface area contributed by atoms with Gasteiger partial charge in [0.05, 0.1) is 22.4 Å². The standard InChI is InChI=1S/C9H12BrN5/c1-6(8-3-4-12-14(8)2)15-9(11)7(10)5-13-15/h3-6H,11H2,1-2H3. The lowest BCUT2D eigenvalue weighted by molar-refractivity contribution is 0.527. The Morgan fingerprint density at radius 3 is 2.67 bits per heavy atom. The van der Waals surface area contributed by atoms with E-state index in [1.54, 1.807) is 17.1 Å². The summed E-state index contributed by atoms with van der Waals surface area (Å²) in [6.07, 6.45) is 3.46. The van der Waals surface area contributed by atoms with Crippen LogP contribution in [-0.4, -0.2) is 19.6 Å². The van der Waals surface area contributed by atoms with Gasteiger partial charge in [0.15, 0.2) is 0 Å². The maximum absolute atomic E-state index is 5.88. The van der Waals surface area contributed by atoms with Gasteiger partial charge in [-0.3, -0.25) is 4.68 Å². The summed E-state index contributed by atoms with van der Waals surface area (Å²) in [7, 11) is 1.90. The van der Waals surface area contributed by atoms with Gasteiger partial charge < -0.3 is 5.73 Å². The van der Waals surface area contributed by atoms with E-state index in [-0.39, 0.29) is 6.04 Å². The molecule has 0 aliphatic carbocycles. The van der Waals surface area contributed by atoms with Crippen molar-refractivity contribution in [1.82, 2.24) is 19.6 Å². The predicted molar refractivity (Wildman–Crippen MR) is 61.4 cm³/mol. The molecule has 1 atom stereocenters. The van der Waals surface area contributed by atoms with E-state index in [9.17, 15) is 0 Å². The average Bonchev–Trinajstić information content (AvgIpc) is 2.75. The SMILES string of the molecule is CC(c1ccnn1C)n1ncc(Br)c1N. The first-order chi connectivity index (χ1) is 7.11. The summed E-state index contributed by atoms with van der Waals surface area (Å²) in [4.78, 5) is 0. The minimum atomic E-state index is 0.0730. The van der Waals surface area contributed by atoms with Crippen LogP contribution >= 0.6 is 15.9 Å². The lowest BCUT2D eigenvalue weighted by Crippen LogP contribution is -2.14. The molecule has 0 bridgehead atoms. The Kier molecular flexibility index (Phi) is 2.52. The van der Waals surface area contributed by atoms with E-state index in [0.717, 1.165) is 10.2 Å². The Bertz CT molecular complexity index is 473. The normalized spacial score (nSPS) is 13.0. The van der Waals surface area contributed by atoms with Crippen molar-refractivity contribution in [3.05, 3.63) is 28.6 Å². The number of halogens is 1. The van der Waals surface area contributed by atoms with Gasteiger partial charge in [0.2, 0.25) is 0 Å². The van der Waals surface area contributed by atoms with Crippen molar-refractivity contribution in [1.29, 1.82) is 0 Å². The Labute approximate surface area is 96.0 Å². The van der Waals surface area contributed by atoms with Crippen molar-refractivity contribution < 1.29 is 0 Å². The number of aryl methyl sites for hydroxylation is 1. The van der Waals surface area contributed by atoms with Crippen LogP contribution in [0.3, 0.4) is 0 Å². The molecule has 0 fully saturated rings. The highest BCUT2D eigenvalue weighted by atomic mass is 79.9. The molecule has 0 aromatic carbocycles. The summed E-state index contributed by atoms with van der Waals surface area (Å²) >= 11 is 3.34. The van der Waals surface area contributed by atoms with Crippen LogP contribution in [0, 0.1) is 0 Å². The third-order valence-corrected chi connectivity index (χ3v) is 3.05. The van der Waals surface area contributed by atoms with E-state index in [2.05, 4.69) is 26.1 Å². The van der Waals surface area contributed by atoms with E-state index >= 15 is 0 Å². The molecule has 6 heteroatoms. The fraction of sp³-hybridized carbons (Fsp3) is 0.333. The largest absolute Gasteiger partial charge is 0.383 e. The van der Waals surface area contributed by atoms with Crippen molar-refractivity contribution in [2.24, 2.45) is 7.05 Å². The van der Waals surface area contributed by atoms with Crippen LogP contribution in [0.4, 0.5) is 5.82 Å². The summed E-state index contributed by atoms with van der Waals surface area (Å²) in [5, 5.41) is 8.34. The highest BCUT2D eigenvalue weighted by Gasteiger charge is 2.15. The Hall–Kier alpha value is -1.30. The van der Waals surface area contributed by atoms with Crippen LogP contribution < -0.4 is 5.73 Å². The summed E-state index contributed by atoms with van der Waals surface area (Å²) in [6, 6.07) is 2.03. The van der Waals surface area contributed by atoms with Gasteiger partial charge in [-0.15, -0.1) is 0 Å². The second kappa shape index (κ2) is 3.69. The van der Waals surface area contributed by atoms with E-state index in [0.29, 0.717) is 5.82 Å². The van der Waals surface area contributed by atoms with E-state index < -0.39 is 0 Å². The molecule has 0 saturated heterocycles. The Balaban J connectivity index is 2.41. The number of nitrogen functional groups attached to an aromatic ring is 1. The number of hydrogen-bond acceptors (Lipinski definition) is 3. The number of anilines is 1. The van der Waals surface area contributed by atoms with Gasteiger partial charge in [0.1, 0.15) is 5.82 Å². The molecule has 2 heterocycles. The molecule has 2 aromatic heterocycles. The number of rotatable bonds is 2. The fourth-order valence-corrected chi connectivity index (χ4v) is 1.85. The molecular weight excluding hydrogens is 258 g/mol. The van der Waals surface area contributed by atoms with E-state index in [1.165, 1.54) is 0 Å². The monoisotopic (exact) mass is 269 g/mol. The van der Waals surface area contributed by atoms with Crippen LogP contribution in [0.25, 0.3) is 0 Å². The molecule has 2 rings (SSSR count). The van der Waals surface area contributed by atoms with Gasteiger partial charge in [0.25, 0.3) is 0 Å². The van der Waals surface area contributed by atoms with Crippen LogP contribution in [0.2, 0.25) is 0 Å². The topological polar surface area (TPSA) is 61.7 Å². The third kappa shape index (κ3) is 1.65. The maximum Gasteiger partial charge on any atom is 0.136 e. The minimum absolute atomic E-state index is 0.0730. The molecule has 2 N–H and O–H groups in total. The Morgan fingerprint density at radius 1 is 1.47 bits per heavy atom. The molecule has 2 aromatic rings. The highest BCUT2D eigenvalue weighted by Crippen LogP contribution is 2.24. The molecule has 0 radical (unpaired) electrons. The molecule has 0 aliphatic heterocycles. The van der Waals surface area contributed by atoms with Crippen LogP contribution in [-0.2, 0) is 7.05 Å². The molecule has 80 valence electrons. The van der Waals surface area contributed by atoms with Crippen molar-refractivity contribution >= 4 is 21.7 Å². The summed E-state index contributed by atoms with van der Waals surface area (Å²) in [5.41, 5.74) is 6.95. The minimum Gasteiger partial charge on any atom is -0.383 e. The zero-order chi connectivity index (χ0) is 11.0. The van der Waals surface area contributed by atoms with Gasteiger partial charge in [-0.05, 0) is 28.9 Å². The summed E-state index contributed by atoms with van der Waals surface area (Å²) in [6.45, 7) is 2.03. The lowest BCUT2D eigenvalue weighted by Gasteiger charge is -2.14. The van der Waals surface area contributed by atoms with Crippen LogP contribution in [0.5, 0.6) is 0 Å². The van der Waals surface area contributed by atoms with Gasteiger partial charge in [0, 0.05) is 13.2 Å². The van der Waals surface area contributed by atoms with E-state index in [4.69, 9.17) is 5.73 Å². The molecular formula is C9H12BrN5. The van der Waals surface area contributed by atoms with Gasteiger partial charge in [-0.25, -0.2) is 4.68 Å². The number of nitrogens with two attached hydrogens (primary N) is 1. The second-order valence-electron chi connectivity index (χ2n) is 3.38. The first kappa shape index (κ1) is 10.2. The molecule has 0 aliphatic rings. The maximum atomic E-state index is 5.88. The Morgan fingerprint density at radius 2 is 2.20 bits per heavy atom. The highest BCUT2D eigenvalue weighted by molar-refractivity contribution is 9.10. The average molecular weight is 270 g/mol. The van der Waals surface area contributed by atoms with Crippen LogP contribution in [0.1, 0.15) is 18.7 Å². The molecule has 1 unspecified atom stereocenters. The third-order valence-electron chi connectivity index (χ3n) is 2.44. The van der Waals surface area contributed by atoms with Crippen molar-refractivity contribution in [2.75, 3.05) is 5.73 Å². The van der Waals surface area contributed by atoms with Crippen molar-refractivity contribution in [3.8, 4) is 0 Å². The first-order valence-corrected chi connectivity index (χ1v) is 5.37. The van der Waals surface area contributed by atoms with Gasteiger partial charge >= 0.3 is 0 Å². The number of nitrogens with zero attached hydrogens (tertiary/aromatic N) is 4. The van der Waals surface area contributed by atoms with Gasteiger partial charge in [-0.2, -0.15) is 10.2 Å². The zero-order valence-electron chi connectivity index (χ0n) is 8.55. The fourth-order valence-electron chi connectivity index (χ4n) is 1.58. The van der Waals surface area contributed by atoms with Crippen LogP contribution in [0.15, 0.2) is 22.9 Å². The quantitative estimate of drug-likeness (QED) is 0.901. The predicted octanol–water partition coefficient (Wildman–Crippen LogP) is 1.57. The number of aromatic nitrogens is 4. The van der Waals surface area contributed by atoms with E-state index in [1.807, 2.05) is 24.7 Å².